The number of benzene rings is 1. The molecule has 0 radical (unpaired) electrons. The number of likely N-dealkylation sites (tertiary alicyclic amines) is 1. The maximum Gasteiger partial charge on any atom is 0.0995 e. The van der Waals surface area contributed by atoms with Crippen LogP contribution in [0.1, 0.15) is 24.0 Å². The van der Waals surface area contributed by atoms with Crippen molar-refractivity contribution in [3.8, 4) is 6.07 Å². The lowest BCUT2D eigenvalue weighted by atomic mass is 10.1. The molecule has 0 spiro atoms. The maximum atomic E-state index is 8.99. The van der Waals surface area contributed by atoms with E-state index in [2.05, 4.69) is 23.3 Å². The average molecular weight is 229 g/mol. The van der Waals surface area contributed by atoms with E-state index in [1.165, 1.54) is 19.4 Å². The zero-order valence-corrected chi connectivity index (χ0v) is 10.3. The first kappa shape index (κ1) is 12.1. The number of hydrogen-bond acceptors (Lipinski definition) is 3. The maximum absolute atomic E-state index is 8.99. The third-order valence-corrected chi connectivity index (χ3v) is 3.50. The predicted molar refractivity (Wildman–Crippen MR) is 68.5 cm³/mol. The van der Waals surface area contributed by atoms with Gasteiger partial charge in [-0.15, -0.1) is 0 Å². The Morgan fingerprint density at radius 1 is 1.47 bits per heavy atom. The molecule has 1 atom stereocenters. The third-order valence-electron chi connectivity index (χ3n) is 3.50. The van der Waals surface area contributed by atoms with E-state index >= 15 is 0 Å². The summed E-state index contributed by atoms with van der Waals surface area (Å²) in [6.07, 6.45) is 2.58. The van der Waals surface area contributed by atoms with Crippen molar-refractivity contribution in [3.63, 3.8) is 0 Å². The largest absolute Gasteiger partial charge is 0.311 e. The summed E-state index contributed by atoms with van der Waals surface area (Å²) < 4.78 is 0. The molecule has 0 aliphatic carbocycles. The van der Waals surface area contributed by atoms with Gasteiger partial charge in [0.1, 0.15) is 0 Å². The minimum atomic E-state index is 0.657. The Bertz CT molecular complexity index is 408. The highest BCUT2D eigenvalue weighted by Gasteiger charge is 2.19. The van der Waals surface area contributed by atoms with Gasteiger partial charge in [-0.25, -0.2) is 0 Å². The second-order valence-corrected chi connectivity index (χ2v) is 4.68. The van der Waals surface area contributed by atoms with Crippen LogP contribution >= 0.6 is 0 Å². The molecule has 3 nitrogen and oxygen atoms in total. The van der Waals surface area contributed by atoms with E-state index in [9.17, 15) is 0 Å². The van der Waals surface area contributed by atoms with Crippen molar-refractivity contribution in [1.82, 2.24) is 10.2 Å². The molecule has 90 valence electrons. The van der Waals surface area contributed by atoms with Gasteiger partial charge in [-0.1, -0.05) is 18.2 Å². The topological polar surface area (TPSA) is 39.1 Å². The molecule has 0 saturated carbocycles. The monoisotopic (exact) mass is 229 g/mol. The molecule has 1 unspecified atom stereocenters. The molecule has 1 aromatic rings. The van der Waals surface area contributed by atoms with Crippen molar-refractivity contribution >= 4 is 0 Å². The normalized spacial score (nSPS) is 20.4. The van der Waals surface area contributed by atoms with Gasteiger partial charge in [0.2, 0.25) is 0 Å². The molecule has 0 aromatic heterocycles. The highest BCUT2D eigenvalue weighted by atomic mass is 15.2. The summed E-state index contributed by atoms with van der Waals surface area (Å²) in [5.41, 5.74) is 1.87. The SMILES string of the molecule is CN1CCCC1CNCc1ccccc1C#N. The summed E-state index contributed by atoms with van der Waals surface area (Å²) in [7, 11) is 2.18. The Hall–Kier alpha value is -1.37. The van der Waals surface area contributed by atoms with Crippen molar-refractivity contribution in [2.45, 2.75) is 25.4 Å². The lowest BCUT2D eigenvalue weighted by molar-refractivity contribution is 0.300. The lowest BCUT2D eigenvalue weighted by Crippen LogP contribution is -2.35. The second-order valence-electron chi connectivity index (χ2n) is 4.68. The van der Waals surface area contributed by atoms with Crippen molar-refractivity contribution in [3.05, 3.63) is 35.4 Å². The van der Waals surface area contributed by atoms with E-state index in [4.69, 9.17) is 5.26 Å². The standard InChI is InChI=1S/C14H19N3/c1-17-8-4-7-14(17)11-16-10-13-6-3-2-5-12(13)9-15/h2-3,5-6,14,16H,4,7-8,10-11H2,1H3. The summed E-state index contributed by atoms with van der Waals surface area (Å²) in [6, 6.07) is 10.7. The number of likely N-dealkylation sites (N-methyl/N-ethyl adjacent to an activating group) is 1. The molecular weight excluding hydrogens is 210 g/mol. The zero-order chi connectivity index (χ0) is 12.1. The van der Waals surface area contributed by atoms with Crippen LogP contribution in [-0.2, 0) is 6.54 Å². The van der Waals surface area contributed by atoms with Gasteiger partial charge in [0.05, 0.1) is 11.6 Å². The van der Waals surface area contributed by atoms with Crippen LogP contribution in [0.5, 0.6) is 0 Å². The molecule has 0 bridgehead atoms. The molecule has 1 aliphatic rings. The Balaban J connectivity index is 1.84. The quantitative estimate of drug-likeness (QED) is 0.855. The van der Waals surface area contributed by atoms with Gasteiger partial charge < -0.3 is 10.2 Å². The van der Waals surface area contributed by atoms with Crippen LogP contribution in [0.2, 0.25) is 0 Å². The Morgan fingerprint density at radius 3 is 3.00 bits per heavy atom. The second kappa shape index (κ2) is 5.81. The molecule has 1 N–H and O–H groups in total. The molecule has 2 rings (SSSR count). The minimum absolute atomic E-state index is 0.657. The third kappa shape index (κ3) is 3.06. The van der Waals surface area contributed by atoms with Crippen molar-refractivity contribution < 1.29 is 0 Å². The molecular formula is C14H19N3. The van der Waals surface area contributed by atoms with E-state index in [1.807, 2.05) is 24.3 Å². The minimum Gasteiger partial charge on any atom is -0.311 e. The molecule has 17 heavy (non-hydrogen) atoms. The van der Waals surface area contributed by atoms with Crippen LogP contribution in [0.15, 0.2) is 24.3 Å². The van der Waals surface area contributed by atoms with Crippen LogP contribution in [0.4, 0.5) is 0 Å². The van der Waals surface area contributed by atoms with Crippen LogP contribution in [-0.4, -0.2) is 31.1 Å². The van der Waals surface area contributed by atoms with E-state index in [-0.39, 0.29) is 0 Å². The Morgan fingerprint density at radius 2 is 2.29 bits per heavy atom. The highest BCUT2D eigenvalue weighted by Crippen LogP contribution is 2.14. The van der Waals surface area contributed by atoms with E-state index in [1.54, 1.807) is 0 Å². The molecule has 1 heterocycles. The van der Waals surface area contributed by atoms with Crippen molar-refractivity contribution in [1.29, 1.82) is 5.26 Å². The fourth-order valence-electron chi connectivity index (χ4n) is 2.39. The molecule has 3 heteroatoms. The van der Waals surface area contributed by atoms with Gasteiger partial charge in [0.25, 0.3) is 0 Å². The van der Waals surface area contributed by atoms with Gasteiger partial charge in [-0.05, 0) is 38.1 Å². The summed E-state index contributed by atoms with van der Waals surface area (Å²) in [5.74, 6) is 0. The van der Waals surface area contributed by atoms with Gasteiger partial charge in [-0.2, -0.15) is 5.26 Å². The van der Waals surface area contributed by atoms with Gasteiger partial charge in [0.15, 0.2) is 0 Å². The Labute approximate surface area is 103 Å². The molecule has 1 aliphatic heterocycles. The number of rotatable bonds is 4. The van der Waals surface area contributed by atoms with Crippen LogP contribution in [0, 0.1) is 11.3 Å². The first-order chi connectivity index (χ1) is 8.31. The van der Waals surface area contributed by atoms with Gasteiger partial charge in [-0.3, -0.25) is 0 Å². The van der Waals surface area contributed by atoms with Crippen LogP contribution < -0.4 is 5.32 Å². The first-order valence-electron chi connectivity index (χ1n) is 6.20. The number of nitriles is 1. The molecule has 0 amide bonds. The fraction of sp³-hybridized carbons (Fsp3) is 0.500. The Kier molecular flexibility index (Phi) is 4.13. The van der Waals surface area contributed by atoms with Gasteiger partial charge >= 0.3 is 0 Å². The van der Waals surface area contributed by atoms with E-state index < -0.39 is 0 Å². The van der Waals surface area contributed by atoms with E-state index in [0.29, 0.717) is 6.04 Å². The van der Waals surface area contributed by atoms with Crippen LogP contribution in [0.25, 0.3) is 0 Å². The fourth-order valence-corrected chi connectivity index (χ4v) is 2.39. The summed E-state index contributed by atoms with van der Waals surface area (Å²) in [6.45, 7) is 3.01. The van der Waals surface area contributed by atoms with Crippen molar-refractivity contribution in [2.24, 2.45) is 0 Å². The number of nitrogens with zero attached hydrogens (tertiary/aromatic N) is 2. The molecule has 1 saturated heterocycles. The zero-order valence-electron chi connectivity index (χ0n) is 10.3. The summed E-state index contributed by atoms with van der Waals surface area (Å²) in [5, 5.41) is 12.4. The predicted octanol–water partition coefficient (Wildman–Crippen LogP) is 1.74. The molecule has 1 fully saturated rings. The summed E-state index contributed by atoms with van der Waals surface area (Å²) >= 11 is 0. The smallest absolute Gasteiger partial charge is 0.0995 e. The highest BCUT2D eigenvalue weighted by molar-refractivity contribution is 5.37. The number of hydrogen-bond donors (Lipinski definition) is 1. The van der Waals surface area contributed by atoms with Gasteiger partial charge in [0, 0.05) is 19.1 Å². The number of nitrogens with one attached hydrogen (secondary N) is 1. The first-order valence-corrected chi connectivity index (χ1v) is 6.20. The lowest BCUT2D eigenvalue weighted by Gasteiger charge is -2.19. The summed E-state index contributed by atoms with van der Waals surface area (Å²) in [4.78, 5) is 2.41. The van der Waals surface area contributed by atoms with Crippen molar-refractivity contribution in [2.75, 3.05) is 20.1 Å². The molecule has 1 aromatic carbocycles. The average Bonchev–Trinajstić information content (AvgIpc) is 2.76. The van der Waals surface area contributed by atoms with Crippen LogP contribution in [0.3, 0.4) is 0 Å². The van der Waals surface area contributed by atoms with E-state index in [0.717, 1.165) is 24.2 Å².